The lowest BCUT2D eigenvalue weighted by atomic mass is 9.99. The Kier molecular flexibility index (Phi) is 4.05. The predicted molar refractivity (Wildman–Crippen MR) is 71.8 cm³/mol. The van der Waals surface area contributed by atoms with Crippen LogP contribution in [0.25, 0.3) is 0 Å². The smallest absolute Gasteiger partial charge is 0.131 e. The van der Waals surface area contributed by atoms with Crippen molar-refractivity contribution in [2.75, 3.05) is 7.11 Å². The van der Waals surface area contributed by atoms with E-state index in [-0.39, 0.29) is 5.56 Å². The average molecular weight is 283 g/mol. The third-order valence-corrected chi connectivity index (χ3v) is 3.46. The number of aryl methyl sites for hydroxylation is 1. The van der Waals surface area contributed by atoms with Crippen molar-refractivity contribution >= 4 is 11.6 Å². The molecule has 0 N–H and O–H groups in total. The topological polar surface area (TPSA) is 9.23 Å². The molecule has 0 spiro atoms. The summed E-state index contributed by atoms with van der Waals surface area (Å²) in [6.07, 6.45) is 0. The van der Waals surface area contributed by atoms with Crippen LogP contribution in [-0.4, -0.2) is 7.11 Å². The van der Waals surface area contributed by atoms with Crippen molar-refractivity contribution in [3.8, 4) is 5.75 Å². The van der Waals surface area contributed by atoms with Crippen molar-refractivity contribution in [3.05, 3.63) is 64.7 Å². The van der Waals surface area contributed by atoms with Gasteiger partial charge in [-0.25, -0.2) is 8.78 Å². The Labute approximate surface area is 115 Å². The molecule has 100 valence electrons. The minimum absolute atomic E-state index is 0.260. The van der Waals surface area contributed by atoms with Gasteiger partial charge in [0.2, 0.25) is 0 Å². The summed E-state index contributed by atoms with van der Waals surface area (Å²) in [5, 5.41) is -0.661. The summed E-state index contributed by atoms with van der Waals surface area (Å²) in [4.78, 5) is 0. The Hall–Kier alpha value is -1.61. The van der Waals surface area contributed by atoms with Gasteiger partial charge in [0.25, 0.3) is 0 Å². The highest BCUT2D eigenvalue weighted by Crippen LogP contribution is 2.34. The molecule has 0 aliphatic heterocycles. The third-order valence-electron chi connectivity index (χ3n) is 2.99. The Morgan fingerprint density at radius 1 is 1.05 bits per heavy atom. The van der Waals surface area contributed by atoms with Crippen LogP contribution in [0, 0.1) is 18.6 Å². The maximum atomic E-state index is 13.7. The molecule has 2 rings (SSSR count). The molecule has 4 heteroatoms. The number of hydrogen-bond acceptors (Lipinski definition) is 1. The predicted octanol–water partition coefficient (Wildman–Crippen LogP) is 4.61. The minimum atomic E-state index is -0.661. The zero-order valence-corrected chi connectivity index (χ0v) is 11.3. The van der Waals surface area contributed by atoms with Crippen LogP contribution in [0.1, 0.15) is 22.1 Å². The second-order valence-electron chi connectivity index (χ2n) is 4.25. The summed E-state index contributed by atoms with van der Waals surface area (Å²) >= 11 is 6.29. The molecule has 1 atom stereocenters. The van der Waals surface area contributed by atoms with E-state index in [0.29, 0.717) is 5.75 Å². The van der Waals surface area contributed by atoms with Gasteiger partial charge in [0.05, 0.1) is 12.5 Å². The summed E-state index contributed by atoms with van der Waals surface area (Å²) < 4.78 is 31.7. The van der Waals surface area contributed by atoms with Crippen molar-refractivity contribution in [2.24, 2.45) is 0 Å². The van der Waals surface area contributed by atoms with E-state index in [1.54, 1.807) is 19.2 Å². The van der Waals surface area contributed by atoms with Gasteiger partial charge in [-0.05, 0) is 36.2 Å². The largest absolute Gasteiger partial charge is 0.497 e. The van der Waals surface area contributed by atoms with Crippen LogP contribution in [0.4, 0.5) is 8.78 Å². The Morgan fingerprint density at radius 2 is 1.74 bits per heavy atom. The van der Waals surface area contributed by atoms with Crippen molar-refractivity contribution in [1.82, 2.24) is 0 Å². The van der Waals surface area contributed by atoms with Gasteiger partial charge in [-0.2, -0.15) is 0 Å². The molecule has 1 unspecified atom stereocenters. The van der Waals surface area contributed by atoms with Crippen molar-refractivity contribution in [2.45, 2.75) is 12.3 Å². The maximum absolute atomic E-state index is 13.7. The highest BCUT2D eigenvalue weighted by atomic mass is 35.5. The second-order valence-corrected chi connectivity index (χ2v) is 4.69. The molecular weight excluding hydrogens is 270 g/mol. The molecule has 0 fully saturated rings. The van der Waals surface area contributed by atoms with Gasteiger partial charge in [-0.3, -0.25) is 0 Å². The lowest BCUT2D eigenvalue weighted by Crippen LogP contribution is -2.00. The minimum Gasteiger partial charge on any atom is -0.497 e. The van der Waals surface area contributed by atoms with E-state index >= 15 is 0 Å². The Bertz CT molecular complexity index is 599. The first-order chi connectivity index (χ1) is 9.02. The number of benzene rings is 2. The number of ether oxygens (including phenoxy) is 1. The van der Waals surface area contributed by atoms with Crippen LogP contribution in [0.2, 0.25) is 0 Å². The van der Waals surface area contributed by atoms with Gasteiger partial charge in [0.15, 0.2) is 0 Å². The van der Waals surface area contributed by atoms with Gasteiger partial charge in [0.1, 0.15) is 17.4 Å². The molecule has 1 nitrogen and oxygen atoms in total. The average Bonchev–Trinajstić information content (AvgIpc) is 2.37. The lowest BCUT2D eigenvalue weighted by Gasteiger charge is -2.15. The number of hydrogen-bond donors (Lipinski definition) is 0. The highest BCUT2D eigenvalue weighted by molar-refractivity contribution is 6.22. The Morgan fingerprint density at radius 3 is 2.32 bits per heavy atom. The highest BCUT2D eigenvalue weighted by Gasteiger charge is 2.17. The monoisotopic (exact) mass is 282 g/mol. The number of alkyl halides is 1. The van der Waals surface area contributed by atoms with Crippen molar-refractivity contribution < 1.29 is 13.5 Å². The molecule has 0 aliphatic carbocycles. The zero-order valence-electron chi connectivity index (χ0n) is 10.6. The first-order valence-electron chi connectivity index (χ1n) is 5.76. The van der Waals surface area contributed by atoms with Gasteiger partial charge >= 0.3 is 0 Å². The molecule has 0 aliphatic rings. The van der Waals surface area contributed by atoms with E-state index in [0.717, 1.165) is 17.2 Å². The molecular formula is C15H13ClF2O. The molecule has 0 amide bonds. The van der Waals surface area contributed by atoms with E-state index < -0.39 is 17.0 Å². The van der Waals surface area contributed by atoms with Crippen LogP contribution in [0.5, 0.6) is 5.75 Å². The summed E-state index contributed by atoms with van der Waals surface area (Å²) in [7, 11) is 1.58. The van der Waals surface area contributed by atoms with Crippen LogP contribution >= 0.6 is 11.6 Å². The fraction of sp³-hybridized carbons (Fsp3) is 0.200. The van der Waals surface area contributed by atoms with Crippen LogP contribution in [0.3, 0.4) is 0 Å². The summed E-state index contributed by atoms with van der Waals surface area (Å²) in [5.41, 5.74) is 1.92. The standard InChI is InChI=1S/C15H13ClF2O/c1-9-7-11(19-2)4-6-12(9)15(16)13-5-3-10(17)8-14(13)18/h3-8,15H,1-2H3. The molecule has 2 aromatic carbocycles. The van der Waals surface area contributed by atoms with Gasteiger partial charge in [0, 0.05) is 11.6 Å². The van der Waals surface area contributed by atoms with Crippen LogP contribution < -0.4 is 4.74 Å². The summed E-state index contributed by atoms with van der Waals surface area (Å²) in [6, 6.07) is 8.78. The van der Waals surface area contributed by atoms with Crippen molar-refractivity contribution in [3.63, 3.8) is 0 Å². The first-order valence-corrected chi connectivity index (χ1v) is 6.20. The molecule has 0 radical (unpaired) electrons. The first kappa shape index (κ1) is 13.8. The summed E-state index contributed by atoms with van der Waals surface area (Å²) in [5.74, 6) is -0.545. The van der Waals surface area contributed by atoms with Crippen molar-refractivity contribution in [1.29, 1.82) is 0 Å². The number of rotatable bonds is 3. The number of halogens is 3. The summed E-state index contributed by atoms with van der Waals surface area (Å²) in [6.45, 7) is 1.87. The third kappa shape index (κ3) is 2.87. The second kappa shape index (κ2) is 5.57. The molecule has 19 heavy (non-hydrogen) atoms. The zero-order chi connectivity index (χ0) is 14.0. The SMILES string of the molecule is COc1ccc(C(Cl)c2ccc(F)cc2F)c(C)c1. The quantitative estimate of drug-likeness (QED) is 0.747. The molecule has 0 aromatic heterocycles. The fourth-order valence-corrected chi connectivity index (χ4v) is 2.36. The van der Waals surface area contributed by atoms with Gasteiger partial charge in [-0.15, -0.1) is 11.6 Å². The fourth-order valence-electron chi connectivity index (χ4n) is 1.93. The van der Waals surface area contributed by atoms with E-state index in [4.69, 9.17) is 16.3 Å². The van der Waals surface area contributed by atoms with E-state index in [2.05, 4.69) is 0 Å². The van der Waals surface area contributed by atoms with E-state index in [9.17, 15) is 8.78 Å². The molecule has 0 heterocycles. The maximum Gasteiger partial charge on any atom is 0.131 e. The molecule has 0 bridgehead atoms. The van der Waals surface area contributed by atoms with Crippen LogP contribution in [0.15, 0.2) is 36.4 Å². The normalized spacial score (nSPS) is 12.3. The van der Waals surface area contributed by atoms with Gasteiger partial charge < -0.3 is 4.74 Å². The van der Waals surface area contributed by atoms with Crippen LogP contribution in [-0.2, 0) is 0 Å². The molecule has 0 saturated heterocycles. The Balaban J connectivity index is 2.41. The van der Waals surface area contributed by atoms with E-state index in [1.807, 2.05) is 13.0 Å². The molecule has 2 aromatic rings. The molecule has 0 saturated carbocycles. The number of methoxy groups -OCH3 is 1. The van der Waals surface area contributed by atoms with Gasteiger partial charge in [-0.1, -0.05) is 12.1 Å². The lowest BCUT2D eigenvalue weighted by molar-refractivity contribution is 0.414. The van der Waals surface area contributed by atoms with E-state index in [1.165, 1.54) is 12.1 Å².